The number of aryl methyl sites for hydroxylation is 1. The number of halogens is 1. The molecule has 1 aromatic heterocycles. The van der Waals surface area contributed by atoms with Gasteiger partial charge in [-0.25, -0.2) is 0 Å². The van der Waals surface area contributed by atoms with Crippen LogP contribution in [0.5, 0.6) is 0 Å². The van der Waals surface area contributed by atoms with Crippen molar-refractivity contribution in [1.29, 1.82) is 0 Å². The van der Waals surface area contributed by atoms with E-state index in [0.29, 0.717) is 30.2 Å². The minimum atomic E-state index is 0.535. The molecule has 0 spiro atoms. The summed E-state index contributed by atoms with van der Waals surface area (Å²) >= 11 is 5.89. The van der Waals surface area contributed by atoms with Crippen molar-refractivity contribution in [1.82, 2.24) is 15.5 Å². The Morgan fingerprint density at radius 3 is 2.68 bits per heavy atom. The third-order valence-corrected chi connectivity index (χ3v) is 3.84. The highest BCUT2D eigenvalue weighted by Gasteiger charge is 2.30. The summed E-state index contributed by atoms with van der Waals surface area (Å²) in [6.45, 7) is 2.48. The molecule has 4 nitrogen and oxygen atoms in total. The van der Waals surface area contributed by atoms with E-state index in [1.165, 1.54) is 5.56 Å². The minimum Gasteiger partial charge on any atom is -0.338 e. The first kappa shape index (κ1) is 12.6. The molecule has 100 valence electrons. The van der Waals surface area contributed by atoms with E-state index in [9.17, 15) is 0 Å². The van der Waals surface area contributed by atoms with E-state index in [0.717, 1.165) is 17.9 Å². The molecular weight excluding hydrogens is 262 g/mol. The van der Waals surface area contributed by atoms with E-state index >= 15 is 0 Å². The Labute approximate surface area is 117 Å². The van der Waals surface area contributed by atoms with Gasteiger partial charge in [-0.1, -0.05) is 28.9 Å². The van der Waals surface area contributed by atoms with Gasteiger partial charge in [-0.15, -0.1) is 0 Å². The second-order valence-electron chi connectivity index (χ2n) is 5.03. The monoisotopic (exact) mass is 277 g/mol. The summed E-state index contributed by atoms with van der Waals surface area (Å²) in [7, 11) is 0. The Balaban J connectivity index is 1.46. The molecule has 1 N–H and O–H groups in total. The van der Waals surface area contributed by atoms with Gasteiger partial charge in [0.15, 0.2) is 5.82 Å². The van der Waals surface area contributed by atoms with Crippen molar-refractivity contribution in [2.45, 2.75) is 38.3 Å². The fraction of sp³-hybridized carbons (Fsp3) is 0.429. The SMILES string of the molecule is Cc1noc(CNC2CC(c3ccc(Cl)cc3)C2)n1. The molecule has 1 aliphatic rings. The highest BCUT2D eigenvalue weighted by molar-refractivity contribution is 6.30. The molecule has 5 heteroatoms. The maximum atomic E-state index is 5.89. The van der Waals surface area contributed by atoms with Crippen LogP contribution in [0.15, 0.2) is 28.8 Å². The average molecular weight is 278 g/mol. The first-order valence-electron chi connectivity index (χ1n) is 6.49. The first-order chi connectivity index (χ1) is 9.20. The zero-order valence-corrected chi connectivity index (χ0v) is 11.5. The molecule has 1 heterocycles. The van der Waals surface area contributed by atoms with E-state index in [-0.39, 0.29) is 0 Å². The van der Waals surface area contributed by atoms with E-state index < -0.39 is 0 Å². The van der Waals surface area contributed by atoms with Gasteiger partial charge in [0, 0.05) is 11.1 Å². The number of hydrogen-bond acceptors (Lipinski definition) is 4. The number of benzene rings is 1. The van der Waals surface area contributed by atoms with Crippen LogP contribution < -0.4 is 5.32 Å². The van der Waals surface area contributed by atoms with Crippen molar-refractivity contribution in [3.05, 3.63) is 46.6 Å². The maximum Gasteiger partial charge on any atom is 0.240 e. The van der Waals surface area contributed by atoms with Gasteiger partial charge in [0.05, 0.1) is 6.54 Å². The smallest absolute Gasteiger partial charge is 0.240 e. The number of rotatable bonds is 4. The summed E-state index contributed by atoms with van der Waals surface area (Å²) < 4.78 is 5.07. The summed E-state index contributed by atoms with van der Waals surface area (Å²) in [5.41, 5.74) is 1.37. The molecule has 1 aromatic carbocycles. The Kier molecular flexibility index (Phi) is 3.53. The van der Waals surface area contributed by atoms with Crippen molar-refractivity contribution >= 4 is 11.6 Å². The molecule has 0 amide bonds. The summed E-state index contributed by atoms with van der Waals surface area (Å²) in [4.78, 5) is 4.17. The summed E-state index contributed by atoms with van der Waals surface area (Å²) in [6.07, 6.45) is 2.30. The lowest BCUT2D eigenvalue weighted by molar-refractivity contribution is 0.271. The second-order valence-corrected chi connectivity index (χ2v) is 5.47. The zero-order chi connectivity index (χ0) is 13.2. The molecule has 0 atom stereocenters. The molecule has 1 saturated carbocycles. The zero-order valence-electron chi connectivity index (χ0n) is 10.8. The third kappa shape index (κ3) is 2.96. The maximum absolute atomic E-state index is 5.89. The molecular formula is C14H16ClN3O. The van der Waals surface area contributed by atoms with Crippen molar-refractivity contribution in [3.63, 3.8) is 0 Å². The molecule has 0 saturated heterocycles. The summed E-state index contributed by atoms with van der Waals surface area (Å²) in [6, 6.07) is 8.68. The number of nitrogens with zero attached hydrogens (tertiary/aromatic N) is 2. The summed E-state index contributed by atoms with van der Waals surface area (Å²) in [5.74, 6) is 1.98. The van der Waals surface area contributed by atoms with Gasteiger partial charge in [-0.2, -0.15) is 4.98 Å². The van der Waals surface area contributed by atoms with Gasteiger partial charge < -0.3 is 9.84 Å². The number of nitrogens with one attached hydrogen (secondary N) is 1. The number of aromatic nitrogens is 2. The lowest BCUT2D eigenvalue weighted by Gasteiger charge is -2.36. The van der Waals surface area contributed by atoms with Crippen LogP contribution in [0, 0.1) is 6.92 Å². The fourth-order valence-electron chi connectivity index (χ4n) is 2.44. The molecule has 0 aliphatic heterocycles. The van der Waals surface area contributed by atoms with Gasteiger partial charge in [-0.3, -0.25) is 0 Å². The molecule has 0 radical (unpaired) electrons. The Morgan fingerprint density at radius 1 is 1.32 bits per heavy atom. The van der Waals surface area contributed by atoms with E-state index in [4.69, 9.17) is 16.1 Å². The first-order valence-corrected chi connectivity index (χ1v) is 6.86. The van der Waals surface area contributed by atoms with Gasteiger partial charge >= 0.3 is 0 Å². The van der Waals surface area contributed by atoms with Gasteiger partial charge in [0.2, 0.25) is 5.89 Å². The Morgan fingerprint density at radius 2 is 2.05 bits per heavy atom. The van der Waals surface area contributed by atoms with Crippen LogP contribution in [0.2, 0.25) is 5.02 Å². The normalized spacial score (nSPS) is 22.2. The van der Waals surface area contributed by atoms with Gasteiger partial charge in [0.1, 0.15) is 0 Å². The predicted octanol–water partition coefficient (Wildman–Crippen LogP) is 3.07. The molecule has 1 fully saturated rings. The molecule has 3 rings (SSSR count). The Hall–Kier alpha value is -1.39. The average Bonchev–Trinajstić information content (AvgIpc) is 2.75. The largest absolute Gasteiger partial charge is 0.338 e. The molecule has 19 heavy (non-hydrogen) atoms. The quantitative estimate of drug-likeness (QED) is 0.933. The van der Waals surface area contributed by atoms with Crippen LogP contribution in [0.1, 0.15) is 36.0 Å². The van der Waals surface area contributed by atoms with Gasteiger partial charge in [0.25, 0.3) is 0 Å². The predicted molar refractivity (Wildman–Crippen MR) is 73.1 cm³/mol. The van der Waals surface area contributed by atoms with Crippen molar-refractivity contribution in [3.8, 4) is 0 Å². The molecule has 1 aliphatic carbocycles. The lowest BCUT2D eigenvalue weighted by Crippen LogP contribution is -2.39. The summed E-state index contributed by atoms with van der Waals surface area (Å²) in [5, 5.41) is 8.00. The standard InChI is InChI=1S/C14H16ClN3O/c1-9-17-14(19-18-9)8-16-13-6-11(7-13)10-2-4-12(15)5-3-10/h2-5,11,13,16H,6-8H2,1H3. The topological polar surface area (TPSA) is 51.0 Å². The van der Waals surface area contributed by atoms with E-state index in [1.54, 1.807) is 0 Å². The van der Waals surface area contributed by atoms with E-state index in [1.807, 2.05) is 19.1 Å². The third-order valence-electron chi connectivity index (χ3n) is 3.59. The van der Waals surface area contributed by atoms with Crippen LogP contribution in [0.25, 0.3) is 0 Å². The van der Waals surface area contributed by atoms with Crippen LogP contribution in [-0.2, 0) is 6.54 Å². The van der Waals surface area contributed by atoms with Crippen LogP contribution in [-0.4, -0.2) is 16.2 Å². The number of hydrogen-bond donors (Lipinski definition) is 1. The van der Waals surface area contributed by atoms with Crippen molar-refractivity contribution < 1.29 is 4.52 Å². The molecule has 0 unspecified atom stereocenters. The minimum absolute atomic E-state index is 0.535. The Bertz CT molecular complexity index is 546. The lowest BCUT2D eigenvalue weighted by atomic mass is 9.76. The highest BCUT2D eigenvalue weighted by atomic mass is 35.5. The van der Waals surface area contributed by atoms with Gasteiger partial charge in [-0.05, 0) is 43.4 Å². The second kappa shape index (κ2) is 5.31. The van der Waals surface area contributed by atoms with Crippen LogP contribution >= 0.6 is 11.6 Å². The van der Waals surface area contributed by atoms with Crippen molar-refractivity contribution in [2.24, 2.45) is 0 Å². The highest BCUT2D eigenvalue weighted by Crippen LogP contribution is 2.37. The van der Waals surface area contributed by atoms with Crippen LogP contribution in [0.3, 0.4) is 0 Å². The molecule has 0 bridgehead atoms. The van der Waals surface area contributed by atoms with E-state index in [2.05, 4.69) is 27.6 Å². The fourth-order valence-corrected chi connectivity index (χ4v) is 2.56. The van der Waals surface area contributed by atoms with Crippen molar-refractivity contribution in [2.75, 3.05) is 0 Å². The molecule has 2 aromatic rings. The van der Waals surface area contributed by atoms with Crippen LogP contribution in [0.4, 0.5) is 0 Å².